The van der Waals surface area contributed by atoms with Crippen molar-refractivity contribution in [1.29, 1.82) is 0 Å². The Morgan fingerprint density at radius 3 is 2.63 bits per heavy atom. The molecule has 0 radical (unpaired) electrons. The fourth-order valence-electron chi connectivity index (χ4n) is 2.70. The van der Waals surface area contributed by atoms with E-state index in [0.29, 0.717) is 36.0 Å². The molecule has 1 aliphatic heterocycles. The molecule has 0 saturated carbocycles. The molecule has 2 aromatic rings. The molecule has 0 spiro atoms. The number of hydrogen-bond acceptors (Lipinski definition) is 5. The molecule has 7 heteroatoms. The Kier molecular flexibility index (Phi) is 6.14. The van der Waals surface area contributed by atoms with Crippen LogP contribution in [-0.2, 0) is 4.79 Å². The van der Waals surface area contributed by atoms with E-state index < -0.39 is 0 Å². The van der Waals surface area contributed by atoms with Gasteiger partial charge in [-0.05, 0) is 24.3 Å². The predicted octanol–water partition coefficient (Wildman–Crippen LogP) is 1.77. The highest BCUT2D eigenvalue weighted by Crippen LogP contribution is 2.30. The summed E-state index contributed by atoms with van der Waals surface area (Å²) in [4.78, 5) is 24.2. The van der Waals surface area contributed by atoms with Crippen molar-refractivity contribution in [2.75, 3.05) is 26.8 Å². The van der Waals surface area contributed by atoms with Gasteiger partial charge < -0.3 is 24.8 Å². The minimum absolute atomic E-state index is 0.169. The number of nitrogens with one attached hydrogen (secondary N) is 2. The van der Waals surface area contributed by atoms with Crippen molar-refractivity contribution in [2.24, 2.45) is 0 Å². The van der Waals surface area contributed by atoms with Gasteiger partial charge in [-0.1, -0.05) is 24.3 Å². The lowest BCUT2D eigenvalue weighted by atomic mass is 10.2. The first-order chi connectivity index (χ1) is 13.2. The summed E-state index contributed by atoms with van der Waals surface area (Å²) in [7, 11) is 1.51. The van der Waals surface area contributed by atoms with E-state index >= 15 is 0 Å². The summed E-state index contributed by atoms with van der Waals surface area (Å²) in [5.41, 5.74) is 0.437. The zero-order chi connectivity index (χ0) is 19.1. The number of fused-ring (bicyclic) bond motifs is 1. The number of hydrogen-bond donors (Lipinski definition) is 2. The van der Waals surface area contributed by atoms with Crippen molar-refractivity contribution < 1.29 is 23.8 Å². The molecule has 7 nitrogen and oxygen atoms in total. The van der Waals surface area contributed by atoms with Gasteiger partial charge in [-0.2, -0.15) is 0 Å². The maximum absolute atomic E-state index is 12.2. The summed E-state index contributed by atoms with van der Waals surface area (Å²) in [6, 6.07) is 14.4. The Bertz CT molecular complexity index is 808. The highest BCUT2D eigenvalue weighted by Gasteiger charge is 2.21. The van der Waals surface area contributed by atoms with Crippen LogP contribution in [0.2, 0.25) is 0 Å². The average Bonchev–Trinajstić information content (AvgIpc) is 2.72. The van der Waals surface area contributed by atoms with Gasteiger partial charge in [0.25, 0.3) is 5.91 Å². The topological polar surface area (TPSA) is 85.9 Å². The van der Waals surface area contributed by atoms with E-state index in [1.807, 2.05) is 24.3 Å². The summed E-state index contributed by atoms with van der Waals surface area (Å²) in [5.74, 6) is 1.43. The van der Waals surface area contributed by atoms with Crippen molar-refractivity contribution in [1.82, 2.24) is 10.6 Å². The largest absolute Gasteiger partial charge is 0.496 e. The molecule has 2 N–H and O–H groups in total. The van der Waals surface area contributed by atoms with Crippen LogP contribution in [0.3, 0.4) is 0 Å². The molecule has 2 aromatic carbocycles. The summed E-state index contributed by atoms with van der Waals surface area (Å²) in [6.07, 6.45) is -0.0718. The number of carbonyl (C=O) groups excluding carboxylic acids is 2. The second-order valence-electron chi connectivity index (χ2n) is 6.01. The van der Waals surface area contributed by atoms with E-state index in [9.17, 15) is 9.59 Å². The van der Waals surface area contributed by atoms with Gasteiger partial charge in [0.15, 0.2) is 11.5 Å². The fraction of sp³-hybridized carbons (Fsp3) is 0.300. The molecule has 1 aliphatic rings. The molecule has 2 amide bonds. The highest BCUT2D eigenvalue weighted by atomic mass is 16.6. The van der Waals surface area contributed by atoms with Crippen LogP contribution < -0.4 is 24.8 Å². The first-order valence-corrected chi connectivity index (χ1v) is 8.74. The molecule has 0 aliphatic carbocycles. The molecule has 1 atom stereocenters. The van der Waals surface area contributed by atoms with Gasteiger partial charge in [0, 0.05) is 13.0 Å². The van der Waals surface area contributed by atoms with E-state index in [-0.39, 0.29) is 30.9 Å². The number of methoxy groups -OCH3 is 1. The van der Waals surface area contributed by atoms with Crippen LogP contribution in [0, 0.1) is 0 Å². The van der Waals surface area contributed by atoms with E-state index in [1.54, 1.807) is 24.3 Å². The predicted molar refractivity (Wildman–Crippen MR) is 99.3 cm³/mol. The SMILES string of the molecule is COc1ccccc1C(=O)NCCC(=O)NC[C@H]1COc2ccccc2O1. The van der Waals surface area contributed by atoms with Gasteiger partial charge in [0.05, 0.1) is 19.2 Å². The first-order valence-electron chi connectivity index (χ1n) is 8.74. The molecular formula is C20H22N2O5. The lowest BCUT2D eigenvalue weighted by Crippen LogP contribution is -2.41. The number of benzene rings is 2. The maximum atomic E-state index is 12.2. The van der Waals surface area contributed by atoms with Crippen molar-refractivity contribution >= 4 is 11.8 Å². The van der Waals surface area contributed by atoms with E-state index in [0.717, 1.165) is 0 Å². The zero-order valence-corrected chi connectivity index (χ0v) is 15.1. The van der Waals surface area contributed by atoms with Crippen LogP contribution in [0.4, 0.5) is 0 Å². The van der Waals surface area contributed by atoms with Crippen LogP contribution in [0.25, 0.3) is 0 Å². The number of rotatable bonds is 7. The Morgan fingerprint density at radius 1 is 1.07 bits per heavy atom. The molecule has 27 heavy (non-hydrogen) atoms. The first kappa shape index (κ1) is 18.6. The summed E-state index contributed by atoms with van der Waals surface area (Å²) >= 11 is 0. The molecule has 3 rings (SSSR count). The van der Waals surface area contributed by atoms with Gasteiger partial charge in [0.2, 0.25) is 5.91 Å². The van der Waals surface area contributed by atoms with Crippen molar-refractivity contribution in [3.05, 3.63) is 54.1 Å². The van der Waals surface area contributed by atoms with E-state index in [2.05, 4.69) is 10.6 Å². The minimum Gasteiger partial charge on any atom is -0.496 e. The van der Waals surface area contributed by atoms with Crippen LogP contribution in [-0.4, -0.2) is 44.7 Å². The summed E-state index contributed by atoms with van der Waals surface area (Å²) in [6.45, 7) is 0.947. The van der Waals surface area contributed by atoms with Crippen molar-refractivity contribution in [3.8, 4) is 17.2 Å². The van der Waals surface area contributed by atoms with E-state index in [1.165, 1.54) is 7.11 Å². The standard InChI is InChI=1S/C20H22N2O5/c1-25-16-7-3-2-6-15(16)20(24)21-11-10-19(23)22-12-14-13-26-17-8-4-5-9-18(17)27-14/h2-9,14H,10-13H2,1H3,(H,21,24)(H,22,23)/t14-/m0/s1. The van der Waals surface area contributed by atoms with Gasteiger partial charge in [-0.15, -0.1) is 0 Å². The molecule has 0 bridgehead atoms. The van der Waals surface area contributed by atoms with Crippen LogP contribution in [0.5, 0.6) is 17.2 Å². The number of carbonyl (C=O) groups is 2. The third-order valence-electron chi connectivity index (χ3n) is 4.08. The van der Waals surface area contributed by atoms with Crippen LogP contribution >= 0.6 is 0 Å². The lowest BCUT2D eigenvalue weighted by molar-refractivity contribution is -0.121. The second-order valence-corrected chi connectivity index (χ2v) is 6.01. The minimum atomic E-state index is -0.277. The number of ether oxygens (including phenoxy) is 3. The molecule has 0 fully saturated rings. The van der Waals surface area contributed by atoms with Crippen LogP contribution in [0.1, 0.15) is 16.8 Å². The summed E-state index contributed by atoms with van der Waals surface area (Å²) in [5, 5.41) is 5.52. The number of para-hydroxylation sites is 3. The maximum Gasteiger partial charge on any atom is 0.255 e. The Labute approximate surface area is 157 Å². The van der Waals surface area contributed by atoms with Gasteiger partial charge >= 0.3 is 0 Å². The number of amides is 2. The fourth-order valence-corrected chi connectivity index (χ4v) is 2.70. The van der Waals surface area contributed by atoms with Gasteiger partial charge in [0.1, 0.15) is 18.5 Å². The normalized spacial score (nSPS) is 14.9. The Hall–Kier alpha value is -3.22. The lowest BCUT2D eigenvalue weighted by Gasteiger charge is -2.26. The molecule has 1 heterocycles. The van der Waals surface area contributed by atoms with Crippen molar-refractivity contribution in [2.45, 2.75) is 12.5 Å². The van der Waals surface area contributed by atoms with Crippen LogP contribution in [0.15, 0.2) is 48.5 Å². The molecule has 0 unspecified atom stereocenters. The molecule has 0 aromatic heterocycles. The Balaban J connectivity index is 1.38. The molecular weight excluding hydrogens is 348 g/mol. The van der Waals surface area contributed by atoms with Crippen molar-refractivity contribution in [3.63, 3.8) is 0 Å². The zero-order valence-electron chi connectivity index (χ0n) is 15.1. The molecule has 0 saturated heterocycles. The Morgan fingerprint density at radius 2 is 1.81 bits per heavy atom. The second kappa shape index (κ2) is 8.93. The van der Waals surface area contributed by atoms with Gasteiger partial charge in [-0.3, -0.25) is 9.59 Å². The summed E-state index contributed by atoms with van der Waals surface area (Å²) < 4.78 is 16.6. The van der Waals surface area contributed by atoms with E-state index in [4.69, 9.17) is 14.2 Å². The third-order valence-corrected chi connectivity index (χ3v) is 4.08. The quantitative estimate of drug-likeness (QED) is 0.776. The average molecular weight is 370 g/mol. The highest BCUT2D eigenvalue weighted by molar-refractivity contribution is 5.97. The molecule has 142 valence electrons. The smallest absolute Gasteiger partial charge is 0.255 e. The monoisotopic (exact) mass is 370 g/mol. The van der Waals surface area contributed by atoms with Gasteiger partial charge in [-0.25, -0.2) is 0 Å². The third kappa shape index (κ3) is 4.91.